The fourth-order valence-electron chi connectivity index (χ4n) is 2.31. The van der Waals surface area contributed by atoms with E-state index >= 15 is 0 Å². The highest BCUT2D eigenvalue weighted by molar-refractivity contribution is 8.11. The van der Waals surface area contributed by atoms with Crippen LogP contribution in [0.5, 0.6) is 5.75 Å². The highest BCUT2D eigenvalue weighted by Gasteiger charge is 2.35. The minimum Gasteiger partial charge on any atom is -0.497 e. The van der Waals surface area contributed by atoms with Crippen molar-refractivity contribution in [3.05, 3.63) is 90.5 Å². The van der Waals surface area contributed by atoms with Gasteiger partial charge in [0, 0.05) is 0 Å². The van der Waals surface area contributed by atoms with Crippen molar-refractivity contribution in [1.82, 2.24) is 0 Å². The quantitative estimate of drug-likeness (QED) is 0.658. The first-order valence-corrected chi connectivity index (χ1v) is 8.55. The van der Waals surface area contributed by atoms with E-state index in [4.69, 9.17) is 4.74 Å². The highest BCUT2D eigenvalue weighted by Crippen LogP contribution is 2.27. The molecule has 0 aliphatic carbocycles. The second-order valence-electron chi connectivity index (χ2n) is 4.95. The molecule has 0 saturated heterocycles. The van der Waals surface area contributed by atoms with Gasteiger partial charge in [0.1, 0.15) is 16.6 Å². The lowest BCUT2D eigenvalue weighted by Crippen LogP contribution is -2.16. The predicted molar refractivity (Wildman–Crippen MR) is 94.1 cm³/mol. The van der Waals surface area contributed by atoms with Crippen LogP contribution in [0.3, 0.4) is 0 Å². The van der Waals surface area contributed by atoms with Gasteiger partial charge in [-0.15, -0.1) is 0 Å². The minimum absolute atomic E-state index is 0.116. The monoisotopic (exact) mass is 321 g/mol. The number of ether oxygens (including phenoxy) is 1. The summed E-state index contributed by atoms with van der Waals surface area (Å²) in [6.45, 7) is 0. The summed E-state index contributed by atoms with van der Waals surface area (Å²) < 4.78 is 5.17. The van der Waals surface area contributed by atoms with E-state index in [0.29, 0.717) is 5.56 Å². The summed E-state index contributed by atoms with van der Waals surface area (Å²) >= 11 is 0. The van der Waals surface area contributed by atoms with Crippen LogP contribution in [0, 0.1) is 0 Å². The molecule has 0 aliphatic rings. The molecule has 0 N–H and O–H groups in total. The number of carbonyl (C=O) groups excluding carboxylic acids is 1. The van der Waals surface area contributed by atoms with Crippen molar-refractivity contribution in [2.24, 2.45) is 0 Å². The van der Waals surface area contributed by atoms with Crippen LogP contribution in [0.25, 0.3) is 0 Å². The molecule has 0 aliphatic heterocycles. The molecule has 0 fully saturated rings. The molecular formula is C20H17O2S+. The molecule has 114 valence electrons. The third-order valence-corrected chi connectivity index (χ3v) is 5.56. The van der Waals surface area contributed by atoms with Gasteiger partial charge in [0.15, 0.2) is 9.79 Å². The van der Waals surface area contributed by atoms with Gasteiger partial charge in [-0.3, -0.25) is 0 Å². The first-order chi connectivity index (χ1) is 11.3. The van der Waals surface area contributed by atoms with Crippen LogP contribution in [-0.2, 0) is 10.9 Å². The van der Waals surface area contributed by atoms with Crippen molar-refractivity contribution in [2.45, 2.75) is 9.79 Å². The molecule has 0 saturated carbocycles. The Hall–Kier alpha value is -2.52. The van der Waals surface area contributed by atoms with Gasteiger partial charge < -0.3 is 4.74 Å². The van der Waals surface area contributed by atoms with Crippen LogP contribution in [0.4, 0.5) is 0 Å². The third-order valence-electron chi connectivity index (χ3n) is 3.47. The van der Waals surface area contributed by atoms with Crippen molar-refractivity contribution >= 4 is 16.0 Å². The molecule has 0 spiro atoms. The van der Waals surface area contributed by atoms with Gasteiger partial charge >= 0.3 is 5.12 Å². The maximum absolute atomic E-state index is 13.1. The number of benzene rings is 3. The van der Waals surface area contributed by atoms with Gasteiger partial charge in [-0.05, 0) is 48.5 Å². The topological polar surface area (TPSA) is 26.3 Å². The van der Waals surface area contributed by atoms with Crippen LogP contribution in [0.15, 0.2) is 94.7 Å². The first-order valence-electron chi connectivity index (χ1n) is 7.32. The lowest BCUT2D eigenvalue weighted by molar-refractivity contribution is 0.108. The number of carbonyl (C=O) groups is 1. The van der Waals surface area contributed by atoms with E-state index in [1.54, 1.807) is 7.11 Å². The zero-order valence-electron chi connectivity index (χ0n) is 12.8. The standard InChI is InChI=1S/C20H17O2S/c1-22-17-14-12-16(13-15-17)20(21)23(18-8-4-2-5-9-18)19-10-6-3-7-11-19/h2-15H,1H3/q+1. The SMILES string of the molecule is COc1ccc(C(=O)[S+](c2ccccc2)c2ccccc2)cc1. The van der Waals surface area contributed by atoms with E-state index in [9.17, 15) is 4.79 Å². The second-order valence-corrected chi connectivity index (χ2v) is 6.87. The van der Waals surface area contributed by atoms with Gasteiger partial charge in [0.25, 0.3) is 0 Å². The van der Waals surface area contributed by atoms with Gasteiger partial charge in [0.05, 0.1) is 12.7 Å². The van der Waals surface area contributed by atoms with Crippen LogP contribution in [0.2, 0.25) is 0 Å². The van der Waals surface area contributed by atoms with Crippen LogP contribution in [-0.4, -0.2) is 12.2 Å². The summed E-state index contributed by atoms with van der Waals surface area (Å²) in [6, 6.07) is 27.2. The molecule has 0 unspecified atom stereocenters. The van der Waals surface area contributed by atoms with Crippen molar-refractivity contribution < 1.29 is 9.53 Å². The van der Waals surface area contributed by atoms with Gasteiger partial charge in [-0.25, -0.2) is 4.79 Å². The molecule has 3 rings (SSSR count). The molecule has 3 heteroatoms. The molecule has 0 aromatic heterocycles. The van der Waals surface area contributed by atoms with E-state index < -0.39 is 10.9 Å². The maximum Gasteiger partial charge on any atom is 0.373 e. The van der Waals surface area contributed by atoms with E-state index in [2.05, 4.69) is 0 Å². The zero-order chi connectivity index (χ0) is 16.1. The van der Waals surface area contributed by atoms with Crippen LogP contribution >= 0.6 is 0 Å². The molecule has 0 amide bonds. The molecule has 0 atom stereocenters. The van der Waals surface area contributed by atoms with Gasteiger partial charge in [0.2, 0.25) is 0 Å². The first kappa shape index (κ1) is 15.4. The van der Waals surface area contributed by atoms with Crippen molar-refractivity contribution in [3.8, 4) is 5.75 Å². The molecule has 0 heterocycles. The van der Waals surface area contributed by atoms with Gasteiger partial charge in [-0.1, -0.05) is 36.4 Å². The predicted octanol–water partition coefficient (Wildman–Crippen LogP) is 4.57. The largest absolute Gasteiger partial charge is 0.497 e. The minimum atomic E-state index is -0.635. The van der Waals surface area contributed by atoms with E-state index in [1.165, 1.54) is 0 Å². The lowest BCUT2D eigenvalue weighted by Gasteiger charge is -2.07. The second kappa shape index (κ2) is 7.16. The number of rotatable bonds is 4. The molecule has 0 radical (unpaired) electrons. The molecule has 0 bridgehead atoms. The summed E-state index contributed by atoms with van der Waals surface area (Å²) in [5.74, 6) is 0.751. The fraction of sp³-hybridized carbons (Fsp3) is 0.0500. The fourth-order valence-corrected chi connectivity index (χ4v) is 4.24. The van der Waals surface area contributed by atoms with Crippen LogP contribution < -0.4 is 4.74 Å². The Kier molecular flexibility index (Phi) is 4.79. The Morgan fingerprint density at radius 3 is 1.65 bits per heavy atom. The van der Waals surface area contributed by atoms with Crippen molar-refractivity contribution in [1.29, 1.82) is 0 Å². The number of hydrogen-bond acceptors (Lipinski definition) is 2. The molecule has 3 aromatic rings. The van der Waals surface area contributed by atoms with E-state index in [-0.39, 0.29) is 5.12 Å². The van der Waals surface area contributed by atoms with Gasteiger partial charge in [-0.2, -0.15) is 0 Å². The Balaban J connectivity index is 2.02. The highest BCUT2D eigenvalue weighted by atomic mass is 32.2. The molecule has 2 nitrogen and oxygen atoms in total. The summed E-state index contributed by atoms with van der Waals surface area (Å²) in [4.78, 5) is 15.2. The van der Waals surface area contributed by atoms with E-state index in [1.807, 2.05) is 84.9 Å². The molecular weight excluding hydrogens is 304 g/mol. The van der Waals surface area contributed by atoms with Crippen molar-refractivity contribution in [3.63, 3.8) is 0 Å². The van der Waals surface area contributed by atoms with Crippen LogP contribution in [0.1, 0.15) is 10.4 Å². The Labute approximate surface area is 139 Å². The zero-order valence-corrected chi connectivity index (χ0v) is 13.6. The smallest absolute Gasteiger partial charge is 0.373 e. The van der Waals surface area contributed by atoms with E-state index in [0.717, 1.165) is 15.5 Å². The maximum atomic E-state index is 13.1. The third kappa shape index (κ3) is 3.46. The Morgan fingerprint density at radius 2 is 1.22 bits per heavy atom. The summed E-state index contributed by atoms with van der Waals surface area (Å²) in [5, 5.41) is 0.116. The normalized spacial score (nSPS) is 10.5. The Bertz CT molecular complexity index is 728. The summed E-state index contributed by atoms with van der Waals surface area (Å²) in [6.07, 6.45) is 0. The average Bonchev–Trinajstić information content (AvgIpc) is 2.64. The number of hydrogen-bond donors (Lipinski definition) is 0. The Morgan fingerprint density at radius 1 is 0.739 bits per heavy atom. The summed E-state index contributed by atoms with van der Waals surface area (Å²) in [7, 11) is 0.985. The lowest BCUT2D eigenvalue weighted by atomic mass is 10.2. The molecule has 3 aromatic carbocycles. The number of methoxy groups -OCH3 is 1. The molecule has 23 heavy (non-hydrogen) atoms. The summed E-state index contributed by atoms with van der Waals surface area (Å²) in [5.41, 5.74) is 0.696. The van der Waals surface area contributed by atoms with Crippen molar-refractivity contribution in [2.75, 3.05) is 7.11 Å². The average molecular weight is 321 g/mol.